The number of Topliss-reactive ketones (excluding diaryl/α,β-unsaturated/α-hetero) is 1. The molecule has 1 aromatic rings. The molecular formula is C18H27BrO. The first-order valence-corrected chi connectivity index (χ1v) is 8.73. The minimum Gasteiger partial charge on any atom is -0.294 e. The lowest BCUT2D eigenvalue weighted by atomic mass is 10.0. The highest BCUT2D eigenvalue weighted by Crippen LogP contribution is 2.21. The standard InChI is InChI=1S/C18H27BrO/c1-3-4-5-6-7-8-9-10-11-18(20)16-13-12-15(2)14-17(16)19/h12-14H,3-11H2,1-2H3. The fourth-order valence-corrected chi connectivity index (χ4v) is 3.11. The Balaban J connectivity index is 2.17. The van der Waals surface area contributed by atoms with Crippen LogP contribution in [0.1, 0.15) is 80.6 Å². The van der Waals surface area contributed by atoms with Crippen LogP contribution >= 0.6 is 15.9 Å². The van der Waals surface area contributed by atoms with E-state index in [-0.39, 0.29) is 5.78 Å². The Kier molecular flexibility index (Phi) is 8.84. The third-order valence-electron chi connectivity index (χ3n) is 3.68. The Bertz CT molecular complexity index is 412. The first-order valence-electron chi connectivity index (χ1n) is 7.94. The minimum atomic E-state index is 0.267. The molecule has 1 nitrogen and oxygen atoms in total. The normalized spacial score (nSPS) is 10.8. The molecule has 1 aromatic carbocycles. The molecule has 0 aromatic heterocycles. The van der Waals surface area contributed by atoms with Crippen LogP contribution in [0.25, 0.3) is 0 Å². The van der Waals surface area contributed by atoms with Gasteiger partial charge in [-0.2, -0.15) is 0 Å². The molecule has 0 aliphatic rings. The first-order chi connectivity index (χ1) is 9.65. The minimum absolute atomic E-state index is 0.267. The smallest absolute Gasteiger partial charge is 0.164 e. The van der Waals surface area contributed by atoms with Crippen molar-refractivity contribution >= 4 is 21.7 Å². The number of rotatable bonds is 10. The SMILES string of the molecule is CCCCCCCCCCC(=O)c1ccc(C)cc1Br. The summed E-state index contributed by atoms with van der Waals surface area (Å²) in [6.45, 7) is 4.28. The van der Waals surface area contributed by atoms with Crippen LogP contribution in [0.4, 0.5) is 0 Å². The average Bonchev–Trinajstić information content (AvgIpc) is 2.41. The van der Waals surface area contributed by atoms with Gasteiger partial charge in [0.25, 0.3) is 0 Å². The Labute approximate surface area is 132 Å². The van der Waals surface area contributed by atoms with Gasteiger partial charge in [-0.05, 0) is 25.0 Å². The maximum atomic E-state index is 12.1. The van der Waals surface area contributed by atoms with Crippen LogP contribution in [0.2, 0.25) is 0 Å². The number of carbonyl (C=O) groups excluding carboxylic acids is 1. The molecular weight excluding hydrogens is 312 g/mol. The van der Waals surface area contributed by atoms with Crippen molar-refractivity contribution in [2.24, 2.45) is 0 Å². The topological polar surface area (TPSA) is 17.1 Å². The van der Waals surface area contributed by atoms with Crippen molar-refractivity contribution < 1.29 is 4.79 Å². The molecule has 0 unspecified atom stereocenters. The van der Waals surface area contributed by atoms with Crippen molar-refractivity contribution in [2.45, 2.75) is 71.6 Å². The zero-order chi connectivity index (χ0) is 14.8. The summed E-state index contributed by atoms with van der Waals surface area (Å²) in [4.78, 5) is 12.1. The molecule has 0 atom stereocenters. The van der Waals surface area contributed by atoms with Crippen LogP contribution in [0, 0.1) is 6.92 Å². The van der Waals surface area contributed by atoms with E-state index in [0.717, 1.165) is 16.5 Å². The van der Waals surface area contributed by atoms with Crippen LogP contribution in [0.15, 0.2) is 22.7 Å². The lowest BCUT2D eigenvalue weighted by molar-refractivity contribution is 0.0978. The molecule has 0 N–H and O–H groups in total. The van der Waals surface area contributed by atoms with E-state index in [1.54, 1.807) is 0 Å². The van der Waals surface area contributed by atoms with Gasteiger partial charge < -0.3 is 0 Å². The zero-order valence-corrected chi connectivity index (χ0v) is 14.5. The zero-order valence-electron chi connectivity index (χ0n) is 12.9. The second kappa shape index (κ2) is 10.1. The summed E-state index contributed by atoms with van der Waals surface area (Å²) >= 11 is 3.48. The van der Waals surface area contributed by atoms with E-state index in [0.29, 0.717) is 6.42 Å². The second-order valence-corrected chi connectivity index (χ2v) is 6.49. The van der Waals surface area contributed by atoms with E-state index in [4.69, 9.17) is 0 Å². The van der Waals surface area contributed by atoms with Crippen molar-refractivity contribution in [3.05, 3.63) is 33.8 Å². The number of unbranched alkanes of at least 4 members (excludes halogenated alkanes) is 7. The molecule has 0 fully saturated rings. The second-order valence-electron chi connectivity index (χ2n) is 5.63. The van der Waals surface area contributed by atoms with Crippen molar-refractivity contribution in [1.82, 2.24) is 0 Å². The fraction of sp³-hybridized carbons (Fsp3) is 0.611. The predicted molar refractivity (Wildman–Crippen MR) is 90.4 cm³/mol. The summed E-state index contributed by atoms with van der Waals surface area (Å²) in [6.07, 6.45) is 10.9. The van der Waals surface area contributed by atoms with E-state index in [1.807, 2.05) is 25.1 Å². The molecule has 112 valence electrons. The summed E-state index contributed by atoms with van der Waals surface area (Å²) < 4.78 is 0.932. The van der Waals surface area contributed by atoms with Gasteiger partial charge in [-0.25, -0.2) is 0 Å². The maximum absolute atomic E-state index is 12.1. The van der Waals surface area contributed by atoms with E-state index < -0.39 is 0 Å². The van der Waals surface area contributed by atoms with E-state index >= 15 is 0 Å². The molecule has 0 aliphatic carbocycles. The van der Waals surface area contributed by atoms with Gasteiger partial charge in [-0.3, -0.25) is 4.79 Å². The number of halogens is 1. The number of hydrogen-bond acceptors (Lipinski definition) is 1. The van der Waals surface area contributed by atoms with Gasteiger partial charge in [0.1, 0.15) is 0 Å². The first kappa shape index (κ1) is 17.4. The van der Waals surface area contributed by atoms with E-state index in [2.05, 4.69) is 22.9 Å². The Morgan fingerprint density at radius 2 is 1.60 bits per heavy atom. The van der Waals surface area contributed by atoms with Gasteiger partial charge in [0.05, 0.1) is 0 Å². The van der Waals surface area contributed by atoms with Gasteiger partial charge in [0, 0.05) is 16.5 Å². The summed E-state index contributed by atoms with van der Waals surface area (Å²) in [5.74, 6) is 0.267. The molecule has 20 heavy (non-hydrogen) atoms. The van der Waals surface area contributed by atoms with E-state index in [9.17, 15) is 4.79 Å². The number of hydrogen-bond donors (Lipinski definition) is 0. The fourth-order valence-electron chi connectivity index (χ4n) is 2.40. The Morgan fingerprint density at radius 1 is 1.00 bits per heavy atom. The highest BCUT2D eigenvalue weighted by Gasteiger charge is 2.09. The van der Waals surface area contributed by atoms with Gasteiger partial charge >= 0.3 is 0 Å². The van der Waals surface area contributed by atoms with Gasteiger partial charge in [0.2, 0.25) is 0 Å². The van der Waals surface area contributed by atoms with Crippen LogP contribution in [-0.2, 0) is 0 Å². The highest BCUT2D eigenvalue weighted by atomic mass is 79.9. The molecule has 0 saturated heterocycles. The van der Waals surface area contributed by atoms with Crippen LogP contribution < -0.4 is 0 Å². The lowest BCUT2D eigenvalue weighted by Crippen LogP contribution is -2.00. The molecule has 0 amide bonds. The monoisotopic (exact) mass is 338 g/mol. The van der Waals surface area contributed by atoms with Gasteiger partial charge in [0.15, 0.2) is 5.78 Å². The third kappa shape index (κ3) is 6.69. The molecule has 0 bridgehead atoms. The molecule has 0 heterocycles. The van der Waals surface area contributed by atoms with E-state index in [1.165, 1.54) is 50.5 Å². The summed E-state index contributed by atoms with van der Waals surface area (Å²) in [6, 6.07) is 5.96. The third-order valence-corrected chi connectivity index (χ3v) is 4.34. The summed E-state index contributed by atoms with van der Waals surface area (Å²) in [5, 5.41) is 0. The van der Waals surface area contributed by atoms with Crippen LogP contribution in [0.5, 0.6) is 0 Å². The number of carbonyl (C=O) groups is 1. The summed E-state index contributed by atoms with van der Waals surface area (Å²) in [7, 11) is 0. The van der Waals surface area contributed by atoms with Crippen molar-refractivity contribution in [2.75, 3.05) is 0 Å². The Hall–Kier alpha value is -0.630. The number of benzene rings is 1. The molecule has 2 heteroatoms. The highest BCUT2D eigenvalue weighted by molar-refractivity contribution is 9.10. The molecule has 0 saturated carbocycles. The quantitative estimate of drug-likeness (QED) is 0.353. The van der Waals surface area contributed by atoms with Crippen LogP contribution in [-0.4, -0.2) is 5.78 Å². The molecule has 0 aliphatic heterocycles. The van der Waals surface area contributed by atoms with Crippen molar-refractivity contribution in [1.29, 1.82) is 0 Å². The Morgan fingerprint density at radius 3 is 2.20 bits per heavy atom. The van der Waals surface area contributed by atoms with Crippen molar-refractivity contribution in [3.63, 3.8) is 0 Å². The number of aryl methyl sites for hydroxylation is 1. The number of ketones is 1. The van der Waals surface area contributed by atoms with Crippen LogP contribution in [0.3, 0.4) is 0 Å². The largest absolute Gasteiger partial charge is 0.294 e. The molecule has 1 rings (SSSR count). The van der Waals surface area contributed by atoms with Gasteiger partial charge in [-0.1, -0.05) is 79.9 Å². The molecule has 0 radical (unpaired) electrons. The lowest BCUT2D eigenvalue weighted by Gasteiger charge is -2.05. The van der Waals surface area contributed by atoms with Gasteiger partial charge in [-0.15, -0.1) is 0 Å². The van der Waals surface area contributed by atoms with Crippen molar-refractivity contribution in [3.8, 4) is 0 Å². The molecule has 0 spiro atoms. The predicted octanol–water partition coefficient (Wildman–Crippen LogP) is 6.47. The maximum Gasteiger partial charge on any atom is 0.164 e. The summed E-state index contributed by atoms with van der Waals surface area (Å²) in [5.41, 5.74) is 2.01. The average molecular weight is 339 g/mol.